The van der Waals surface area contributed by atoms with Crippen molar-refractivity contribution in [3.8, 4) is 0 Å². The summed E-state index contributed by atoms with van der Waals surface area (Å²) in [6, 6.07) is 4.34. The number of aromatic nitrogens is 2. The van der Waals surface area contributed by atoms with E-state index >= 15 is 0 Å². The van der Waals surface area contributed by atoms with E-state index in [1.807, 2.05) is 19.1 Å². The number of carbonyl (C=O) groups is 2. The zero-order chi connectivity index (χ0) is 21.9. The Balaban J connectivity index is 0.000000318. The number of nitrogens with zero attached hydrogens (tertiary/aromatic N) is 3. The van der Waals surface area contributed by atoms with Gasteiger partial charge in [0.2, 0.25) is 5.91 Å². The number of nitrogens with one attached hydrogen (secondary N) is 1. The molecule has 4 rings (SSSR count). The molecule has 30 heavy (non-hydrogen) atoms. The average molecular weight is 430 g/mol. The third-order valence-electron chi connectivity index (χ3n) is 5.42. The first-order valence-electron chi connectivity index (χ1n) is 9.95. The Morgan fingerprint density at radius 3 is 2.47 bits per heavy atom. The topological polar surface area (TPSA) is 105 Å². The van der Waals surface area contributed by atoms with E-state index in [-0.39, 0.29) is 18.1 Å². The second kappa shape index (κ2) is 9.15. The molecule has 166 valence electrons. The van der Waals surface area contributed by atoms with Gasteiger partial charge in [-0.2, -0.15) is 18.3 Å². The lowest BCUT2D eigenvalue weighted by molar-refractivity contribution is -0.192. The van der Waals surface area contributed by atoms with Crippen LogP contribution in [0.2, 0.25) is 0 Å². The number of carboxylic acid groups (broad SMARTS) is 1. The molecular formula is C19H25F3N4O4. The van der Waals surface area contributed by atoms with E-state index in [0.29, 0.717) is 12.0 Å². The summed E-state index contributed by atoms with van der Waals surface area (Å²) in [7, 11) is 0. The molecule has 3 fully saturated rings. The molecule has 3 atom stereocenters. The van der Waals surface area contributed by atoms with Crippen LogP contribution >= 0.6 is 0 Å². The van der Waals surface area contributed by atoms with Crippen molar-refractivity contribution in [2.75, 3.05) is 18.0 Å². The molecule has 0 aromatic carbocycles. The van der Waals surface area contributed by atoms with Gasteiger partial charge in [-0.05, 0) is 57.1 Å². The number of carboxylic acids is 1. The Kier molecular flexibility index (Phi) is 6.79. The highest BCUT2D eigenvalue weighted by Gasteiger charge is 2.42. The molecule has 3 aliphatic rings. The normalized spacial score (nSPS) is 25.7. The van der Waals surface area contributed by atoms with E-state index in [0.717, 1.165) is 43.9 Å². The van der Waals surface area contributed by atoms with E-state index < -0.39 is 12.1 Å². The Morgan fingerprint density at radius 2 is 1.90 bits per heavy atom. The summed E-state index contributed by atoms with van der Waals surface area (Å²) in [6.45, 7) is 3.68. The standard InChI is InChI=1S/C17H24N4O2.C2HF3O2/c1-11-2-7-16(20-19-11)21-9-8-14-13(21)5-6-15(23-14)17(22)18-10-12-3-4-12;3-2(4,5)1(6)7/h2,7,12-15H,3-6,8-10H2,1H3,(H,18,22);(H,6,7)/t13-,14-,15+;/m1./s1. The molecule has 1 saturated carbocycles. The fourth-order valence-corrected chi connectivity index (χ4v) is 3.63. The second-order valence-electron chi connectivity index (χ2n) is 7.81. The molecule has 0 spiro atoms. The highest BCUT2D eigenvalue weighted by Crippen LogP contribution is 2.34. The first-order valence-corrected chi connectivity index (χ1v) is 9.95. The van der Waals surface area contributed by atoms with Crippen LogP contribution in [0, 0.1) is 12.8 Å². The van der Waals surface area contributed by atoms with Gasteiger partial charge in [0.05, 0.1) is 17.8 Å². The van der Waals surface area contributed by atoms with Crippen LogP contribution in [0.5, 0.6) is 0 Å². The summed E-state index contributed by atoms with van der Waals surface area (Å²) < 4.78 is 37.8. The Hall–Kier alpha value is -2.43. The van der Waals surface area contributed by atoms with E-state index in [1.54, 1.807) is 0 Å². The molecule has 3 heterocycles. The van der Waals surface area contributed by atoms with Crippen LogP contribution < -0.4 is 10.2 Å². The summed E-state index contributed by atoms with van der Waals surface area (Å²) in [4.78, 5) is 23.4. The van der Waals surface area contributed by atoms with Gasteiger partial charge in [-0.1, -0.05) is 0 Å². The number of alkyl halides is 3. The van der Waals surface area contributed by atoms with E-state index in [9.17, 15) is 18.0 Å². The SMILES string of the molecule is Cc1ccc(N2CC[C@H]3O[C@H](C(=O)NCC4CC4)CC[C@H]32)nn1.O=C(O)C(F)(F)F. The van der Waals surface area contributed by atoms with Crippen molar-refractivity contribution >= 4 is 17.7 Å². The Labute approximate surface area is 171 Å². The van der Waals surface area contributed by atoms with E-state index in [1.165, 1.54) is 12.8 Å². The van der Waals surface area contributed by atoms with Gasteiger partial charge in [-0.15, -0.1) is 5.10 Å². The first kappa shape index (κ1) is 22.3. The third-order valence-corrected chi connectivity index (χ3v) is 5.42. The van der Waals surface area contributed by atoms with Crippen molar-refractivity contribution in [2.24, 2.45) is 5.92 Å². The summed E-state index contributed by atoms with van der Waals surface area (Å²) in [5, 5.41) is 18.6. The molecule has 0 bridgehead atoms. The van der Waals surface area contributed by atoms with Crippen LogP contribution in [0.15, 0.2) is 12.1 Å². The zero-order valence-corrected chi connectivity index (χ0v) is 16.6. The number of hydrogen-bond donors (Lipinski definition) is 2. The molecule has 2 aliphatic heterocycles. The van der Waals surface area contributed by atoms with Crippen molar-refractivity contribution in [3.05, 3.63) is 17.8 Å². The van der Waals surface area contributed by atoms with Crippen molar-refractivity contribution < 1.29 is 32.6 Å². The summed E-state index contributed by atoms with van der Waals surface area (Å²) in [6.07, 6.45) is -0.0175. The molecule has 1 aromatic heterocycles. The van der Waals surface area contributed by atoms with Crippen LogP contribution in [-0.2, 0) is 14.3 Å². The van der Waals surface area contributed by atoms with Gasteiger partial charge in [0, 0.05) is 13.1 Å². The summed E-state index contributed by atoms with van der Waals surface area (Å²) >= 11 is 0. The number of amides is 1. The maximum absolute atomic E-state index is 12.2. The van der Waals surface area contributed by atoms with Gasteiger partial charge in [-0.25, -0.2) is 4.79 Å². The third kappa shape index (κ3) is 5.80. The highest BCUT2D eigenvalue weighted by atomic mass is 19.4. The lowest BCUT2D eigenvalue weighted by Crippen LogP contribution is -2.48. The van der Waals surface area contributed by atoms with Crippen molar-refractivity contribution in [1.29, 1.82) is 0 Å². The van der Waals surface area contributed by atoms with E-state index in [4.69, 9.17) is 14.6 Å². The Bertz CT molecular complexity index is 755. The number of hydrogen-bond acceptors (Lipinski definition) is 6. The minimum absolute atomic E-state index is 0.0731. The lowest BCUT2D eigenvalue weighted by atomic mass is 9.98. The maximum Gasteiger partial charge on any atom is 0.490 e. The lowest BCUT2D eigenvalue weighted by Gasteiger charge is -2.35. The molecule has 1 amide bonds. The fraction of sp³-hybridized carbons (Fsp3) is 0.684. The van der Waals surface area contributed by atoms with Crippen LogP contribution in [0.25, 0.3) is 0 Å². The van der Waals surface area contributed by atoms with Crippen LogP contribution in [0.3, 0.4) is 0 Å². The van der Waals surface area contributed by atoms with Crippen molar-refractivity contribution in [1.82, 2.24) is 15.5 Å². The van der Waals surface area contributed by atoms with Gasteiger partial charge in [0.15, 0.2) is 5.82 Å². The quantitative estimate of drug-likeness (QED) is 0.754. The fourth-order valence-electron chi connectivity index (χ4n) is 3.63. The molecule has 0 radical (unpaired) electrons. The molecule has 1 aromatic rings. The number of rotatable bonds is 4. The number of carbonyl (C=O) groups excluding carboxylic acids is 1. The van der Waals surface area contributed by atoms with Gasteiger partial charge < -0.3 is 20.1 Å². The highest BCUT2D eigenvalue weighted by molar-refractivity contribution is 5.81. The van der Waals surface area contributed by atoms with Crippen LogP contribution in [0.4, 0.5) is 19.0 Å². The molecule has 11 heteroatoms. The number of aliphatic carboxylic acids is 1. The second-order valence-corrected chi connectivity index (χ2v) is 7.81. The molecule has 2 saturated heterocycles. The number of fused-ring (bicyclic) bond motifs is 1. The summed E-state index contributed by atoms with van der Waals surface area (Å²) in [5.74, 6) is -1.06. The smallest absolute Gasteiger partial charge is 0.475 e. The Morgan fingerprint density at radius 1 is 1.20 bits per heavy atom. The monoisotopic (exact) mass is 430 g/mol. The van der Waals surface area contributed by atoms with Gasteiger partial charge in [-0.3, -0.25) is 4.79 Å². The van der Waals surface area contributed by atoms with Crippen molar-refractivity contribution in [2.45, 2.75) is 63.5 Å². The summed E-state index contributed by atoms with van der Waals surface area (Å²) in [5.41, 5.74) is 0.928. The minimum atomic E-state index is -5.08. The largest absolute Gasteiger partial charge is 0.490 e. The number of aryl methyl sites for hydroxylation is 1. The predicted molar refractivity (Wildman–Crippen MR) is 99.8 cm³/mol. The average Bonchev–Trinajstić information content (AvgIpc) is 3.44. The number of anilines is 1. The van der Waals surface area contributed by atoms with Gasteiger partial charge in [0.1, 0.15) is 6.10 Å². The van der Waals surface area contributed by atoms with Gasteiger partial charge in [0.25, 0.3) is 0 Å². The maximum atomic E-state index is 12.2. The van der Waals surface area contributed by atoms with Crippen LogP contribution in [0.1, 0.15) is 37.8 Å². The van der Waals surface area contributed by atoms with Crippen molar-refractivity contribution in [3.63, 3.8) is 0 Å². The number of ether oxygens (including phenoxy) is 1. The van der Waals surface area contributed by atoms with E-state index in [2.05, 4.69) is 20.4 Å². The van der Waals surface area contributed by atoms with Crippen LogP contribution in [-0.4, -0.2) is 64.7 Å². The molecule has 1 aliphatic carbocycles. The minimum Gasteiger partial charge on any atom is -0.475 e. The predicted octanol–water partition coefficient (Wildman–Crippen LogP) is 2.07. The number of halogens is 3. The molecule has 8 nitrogen and oxygen atoms in total. The van der Waals surface area contributed by atoms with Gasteiger partial charge >= 0.3 is 12.1 Å². The first-order chi connectivity index (χ1) is 14.1. The zero-order valence-electron chi connectivity index (χ0n) is 16.6. The molecule has 2 N–H and O–H groups in total. The molecular weight excluding hydrogens is 405 g/mol. The molecule has 0 unspecified atom stereocenters.